The number of hydrogen-bond acceptors (Lipinski definition) is 7. The number of phenolic OH excluding ortho intramolecular Hbond substituents is 1. The Morgan fingerprint density at radius 2 is 1.93 bits per heavy atom. The van der Waals surface area contributed by atoms with Gasteiger partial charge in [-0.3, -0.25) is 30.1 Å². The van der Waals surface area contributed by atoms with Crippen molar-refractivity contribution in [3.05, 3.63) is 57.1 Å². The summed E-state index contributed by atoms with van der Waals surface area (Å²) < 4.78 is 0.280. The second kappa shape index (κ2) is 8.33. The molecule has 7 nitrogen and oxygen atoms in total. The Hall–Kier alpha value is -2.69. The van der Waals surface area contributed by atoms with Crippen molar-refractivity contribution < 1.29 is 19.5 Å². The van der Waals surface area contributed by atoms with Crippen LogP contribution in [0.25, 0.3) is 6.08 Å². The first-order valence-electron chi connectivity index (χ1n) is 7.61. The molecule has 1 aromatic heterocycles. The largest absolute Gasteiger partial charge is 0.508 e. The Kier molecular flexibility index (Phi) is 5.89. The average Bonchev–Trinajstić information content (AvgIpc) is 3.24. The van der Waals surface area contributed by atoms with Crippen LogP contribution in [0.15, 0.2) is 46.7 Å². The molecule has 0 unspecified atom stereocenters. The Morgan fingerprint density at radius 3 is 2.59 bits per heavy atom. The maximum Gasteiger partial charge on any atom is 0.269 e. The molecule has 0 bridgehead atoms. The quantitative estimate of drug-likeness (QED) is 0.399. The Bertz CT molecular complexity index is 923. The van der Waals surface area contributed by atoms with Gasteiger partial charge >= 0.3 is 0 Å². The van der Waals surface area contributed by atoms with Crippen LogP contribution in [0.5, 0.6) is 5.75 Å². The van der Waals surface area contributed by atoms with Gasteiger partial charge < -0.3 is 5.11 Å². The van der Waals surface area contributed by atoms with E-state index in [9.17, 15) is 19.5 Å². The lowest BCUT2D eigenvalue weighted by molar-refractivity contribution is -0.129. The van der Waals surface area contributed by atoms with Gasteiger partial charge in [0.05, 0.1) is 4.91 Å². The number of thioether (sulfide) groups is 1. The van der Waals surface area contributed by atoms with E-state index >= 15 is 0 Å². The first kappa shape index (κ1) is 19.1. The topological polar surface area (TPSA) is 98.7 Å². The van der Waals surface area contributed by atoms with Crippen LogP contribution >= 0.6 is 35.3 Å². The summed E-state index contributed by atoms with van der Waals surface area (Å²) in [4.78, 5) is 39.0. The van der Waals surface area contributed by atoms with E-state index in [0.29, 0.717) is 4.91 Å². The molecule has 1 aliphatic heterocycles. The molecule has 1 fully saturated rings. The van der Waals surface area contributed by atoms with Crippen molar-refractivity contribution in [3.63, 3.8) is 0 Å². The number of amides is 3. The van der Waals surface area contributed by atoms with Gasteiger partial charge in [0.2, 0.25) is 0 Å². The second-order valence-corrected chi connectivity index (χ2v) is 7.99. The lowest BCUT2D eigenvalue weighted by Gasteiger charge is -2.14. The molecule has 2 aromatic rings. The second-order valence-electron chi connectivity index (χ2n) is 5.33. The van der Waals surface area contributed by atoms with Gasteiger partial charge in [-0.1, -0.05) is 30.0 Å². The SMILES string of the molecule is O=C(CN1C(=O)C(=Cc2cccs2)SC1=S)NNC(=O)c1ccc(O)cc1. The predicted molar refractivity (Wildman–Crippen MR) is 108 cm³/mol. The van der Waals surface area contributed by atoms with Gasteiger partial charge in [-0.25, -0.2) is 0 Å². The fourth-order valence-corrected chi connectivity index (χ4v) is 4.11. The highest BCUT2D eigenvalue weighted by Crippen LogP contribution is 2.32. The molecular weight excluding hydrogens is 406 g/mol. The highest BCUT2D eigenvalue weighted by molar-refractivity contribution is 8.26. The molecule has 3 rings (SSSR count). The van der Waals surface area contributed by atoms with Crippen LogP contribution in [0, 0.1) is 0 Å². The standard InChI is InChI=1S/C17H13N3O4S3/c21-11-5-3-10(4-6-11)15(23)19-18-14(22)9-20-16(24)13(27-17(20)25)8-12-2-1-7-26-12/h1-8,21H,9H2,(H,18,22)(H,19,23). The van der Waals surface area contributed by atoms with E-state index in [0.717, 1.165) is 16.6 Å². The molecule has 0 atom stereocenters. The van der Waals surface area contributed by atoms with E-state index in [-0.39, 0.29) is 28.1 Å². The average molecular weight is 420 g/mol. The minimum Gasteiger partial charge on any atom is -0.508 e. The van der Waals surface area contributed by atoms with Gasteiger partial charge in [0, 0.05) is 10.4 Å². The number of phenols is 1. The number of nitrogens with one attached hydrogen (secondary N) is 2. The van der Waals surface area contributed by atoms with Crippen molar-refractivity contribution in [2.24, 2.45) is 0 Å². The van der Waals surface area contributed by atoms with Gasteiger partial charge in [0.25, 0.3) is 17.7 Å². The number of hydrazine groups is 1. The number of nitrogens with zero attached hydrogens (tertiary/aromatic N) is 1. The molecule has 10 heteroatoms. The molecular formula is C17H13N3O4S3. The number of carbonyl (C=O) groups excluding carboxylic acids is 3. The molecule has 1 aromatic carbocycles. The highest BCUT2D eigenvalue weighted by Gasteiger charge is 2.33. The zero-order valence-corrected chi connectivity index (χ0v) is 16.1. The molecule has 0 saturated carbocycles. The normalized spacial score (nSPS) is 15.3. The van der Waals surface area contributed by atoms with Crippen LogP contribution in [-0.2, 0) is 9.59 Å². The van der Waals surface area contributed by atoms with Crippen molar-refractivity contribution >= 4 is 63.4 Å². The summed E-state index contributed by atoms with van der Waals surface area (Å²) in [6, 6.07) is 9.29. The minimum atomic E-state index is -0.587. The number of carbonyl (C=O) groups is 3. The molecule has 27 heavy (non-hydrogen) atoms. The molecule has 1 saturated heterocycles. The number of aromatic hydroxyl groups is 1. The molecule has 0 radical (unpaired) electrons. The van der Waals surface area contributed by atoms with Crippen LogP contribution < -0.4 is 10.9 Å². The molecule has 3 N–H and O–H groups in total. The monoisotopic (exact) mass is 419 g/mol. The fraction of sp³-hybridized carbons (Fsp3) is 0.0588. The third-order valence-corrected chi connectivity index (χ3v) is 5.63. The van der Waals surface area contributed by atoms with E-state index in [1.165, 1.54) is 40.5 Å². The van der Waals surface area contributed by atoms with Crippen molar-refractivity contribution in [2.75, 3.05) is 6.54 Å². The maximum absolute atomic E-state index is 12.4. The third kappa shape index (κ3) is 4.73. The Morgan fingerprint density at radius 1 is 1.19 bits per heavy atom. The zero-order valence-electron chi connectivity index (χ0n) is 13.7. The van der Waals surface area contributed by atoms with Crippen molar-refractivity contribution in [1.82, 2.24) is 15.8 Å². The summed E-state index contributed by atoms with van der Waals surface area (Å²) in [5, 5.41) is 11.1. The van der Waals surface area contributed by atoms with E-state index in [1.54, 1.807) is 6.08 Å². The van der Waals surface area contributed by atoms with Crippen LogP contribution in [0.2, 0.25) is 0 Å². The first-order chi connectivity index (χ1) is 12.9. The molecule has 1 aliphatic rings. The number of thiophene rings is 1. The first-order valence-corrected chi connectivity index (χ1v) is 9.71. The van der Waals surface area contributed by atoms with Crippen LogP contribution in [0.4, 0.5) is 0 Å². The summed E-state index contributed by atoms with van der Waals surface area (Å²) in [5.74, 6) is -1.46. The number of benzene rings is 1. The van der Waals surface area contributed by atoms with E-state index in [1.807, 2.05) is 17.5 Å². The summed E-state index contributed by atoms with van der Waals surface area (Å²) in [6.45, 7) is -0.303. The van der Waals surface area contributed by atoms with Crippen LogP contribution in [-0.4, -0.2) is 38.6 Å². The van der Waals surface area contributed by atoms with Gasteiger partial charge in [-0.15, -0.1) is 11.3 Å². The molecule has 138 valence electrons. The van der Waals surface area contributed by atoms with Gasteiger partial charge in [-0.05, 0) is 41.8 Å². The molecule has 2 heterocycles. The van der Waals surface area contributed by atoms with Gasteiger partial charge in [-0.2, -0.15) is 0 Å². The van der Waals surface area contributed by atoms with Gasteiger partial charge in [0.1, 0.15) is 16.6 Å². The smallest absolute Gasteiger partial charge is 0.269 e. The summed E-state index contributed by atoms with van der Waals surface area (Å²) in [7, 11) is 0. The highest BCUT2D eigenvalue weighted by atomic mass is 32.2. The zero-order chi connectivity index (χ0) is 19.4. The lowest BCUT2D eigenvalue weighted by atomic mass is 10.2. The van der Waals surface area contributed by atoms with Crippen LogP contribution in [0.1, 0.15) is 15.2 Å². The lowest BCUT2D eigenvalue weighted by Crippen LogP contribution is -2.47. The fourth-order valence-electron chi connectivity index (χ4n) is 2.13. The third-order valence-electron chi connectivity index (χ3n) is 3.44. The van der Waals surface area contributed by atoms with Gasteiger partial charge in [0.15, 0.2) is 0 Å². The van der Waals surface area contributed by atoms with E-state index < -0.39 is 11.8 Å². The van der Waals surface area contributed by atoms with E-state index in [2.05, 4.69) is 10.9 Å². The van der Waals surface area contributed by atoms with E-state index in [4.69, 9.17) is 12.2 Å². The number of rotatable bonds is 4. The molecule has 0 spiro atoms. The minimum absolute atomic E-state index is 0.0283. The number of thiocarbonyl (C=S) groups is 1. The summed E-state index contributed by atoms with van der Waals surface area (Å²) in [5.41, 5.74) is 4.75. The van der Waals surface area contributed by atoms with Crippen molar-refractivity contribution in [1.29, 1.82) is 0 Å². The molecule has 3 amide bonds. The summed E-state index contributed by atoms with van der Waals surface area (Å²) >= 11 is 7.79. The summed E-state index contributed by atoms with van der Waals surface area (Å²) in [6.07, 6.45) is 1.73. The Balaban J connectivity index is 1.56. The predicted octanol–water partition coefficient (Wildman–Crippen LogP) is 2.12. The van der Waals surface area contributed by atoms with Crippen LogP contribution in [0.3, 0.4) is 0 Å². The Labute approximate surface area is 168 Å². The molecule has 0 aliphatic carbocycles. The van der Waals surface area contributed by atoms with Crippen molar-refractivity contribution in [2.45, 2.75) is 0 Å². The maximum atomic E-state index is 12.4. The number of hydrogen-bond donors (Lipinski definition) is 3. The van der Waals surface area contributed by atoms with Crippen molar-refractivity contribution in [3.8, 4) is 5.75 Å².